The first kappa shape index (κ1) is 16.2. The molecule has 0 aromatic carbocycles. The van der Waals surface area contributed by atoms with Crippen LogP contribution in [-0.2, 0) is 18.2 Å². The van der Waals surface area contributed by atoms with Crippen LogP contribution in [0.2, 0.25) is 0 Å². The summed E-state index contributed by atoms with van der Waals surface area (Å²) in [7, 11) is -9.79. The molecule has 0 saturated carbocycles. The van der Waals surface area contributed by atoms with Crippen LogP contribution in [0.3, 0.4) is 0 Å². The van der Waals surface area contributed by atoms with Crippen molar-refractivity contribution in [3.63, 3.8) is 0 Å². The van der Waals surface area contributed by atoms with Gasteiger partial charge in [0.25, 0.3) is 0 Å². The maximum atomic E-state index is 10.0. The van der Waals surface area contributed by atoms with E-state index in [-0.39, 0.29) is 13.2 Å². The summed E-state index contributed by atoms with van der Waals surface area (Å²) in [5, 5.41) is 0. The molecule has 0 aromatic rings. The Hall–Kier alpha value is 0.220. The van der Waals surface area contributed by atoms with E-state index in [0.717, 1.165) is 0 Å². The molecule has 0 radical (unpaired) electrons. The lowest BCUT2D eigenvalue weighted by atomic mass is 10.2. The number of phosphoric acid groups is 2. The van der Waals surface area contributed by atoms with E-state index >= 15 is 0 Å². The SMILES string of the molecule is O=P([O-])([O-])OCCCCCCOP(=O)([O-])[O-]. The highest BCUT2D eigenvalue weighted by Crippen LogP contribution is 2.25. The normalized spacial score (nSPS) is 13.0. The molecule has 16 heavy (non-hydrogen) atoms. The molecule has 0 atom stereocenters. The molecule has 0 heterocycles. The van der Waals surface area contributed by atoms with Gasteiger partial charge in [-0.15, -0.1) is 0 Å². The summed E-state index contributed by atoms with van der Waals surface area (Å²) in [4.78, 5) is 40.0. The van der Waals surface area contributed by atoms with Crippen LogP contribution in [0.5, 0.6) is 0 Å². The Labute approximate surface area is 93.1 Å². The van der Waals surface area contributed by atoms with Gasteiger partial charge in [-0.3, -0.25) is 0 Å². The second-order valence-electron chi connectivity index (χ2n) is 2.98. The van der Waals surface area contributed by atoms with E-state index in [1.807, 2.05) is 0 Å². The van der Waals surface area contributed by atoms with Crippen LogP contribution in [0.15, 0.2) is 0 Å². The smallest absolute Gasteiger partial charge is 0.0596 e. The predicted octanol–water partition coefficient (Wildman–Crippen LogP) is -1.76. The summed E-state index contributed by atoms with van der Waals surface area (Å²) < 4.78 is 27.9. The third-order valence-corrected chi connectivity index (χ3v) is 2.54. The molecule has 10 heteroatoms. The summed E-state index contributed by atoms with van der Waals surface area (Å²) in [5.41, 5.74) is 0. The van der Waals surface area contributed by atoms with Gasteiger partial charge in [-0.1, -0.05) is 12.8 Å². The van der Waals surface area contributed by atoms with Gasteiger partial charge >= 0.3 is 0 Å². The lowest BCUT2D eigenvalue weighted by molar-refractivity contribution is -0.343. The van der Waals surface area contributed by atoms with E-state index in [0.29, 0.717) is 25.7 Å². The van der Waals surface area contributed by atoms with E-state index in [2.05, 4.69) is 9.05 Å². The van der Waals surface area contributed by atoms with Crippen molar-refractivity contribution in [1.29, 1.82) is 0 Å². The van der Waals surface area contributed by atoms with Gasteiger partial charge in [0.15, 0.2) is 0 Å². The molecule has 0 spiro atoms. The van der Waals surface area contributed by atoms with E-state index in [4.69, 9.17) is 0 Å². The van der Waals surface area contributed by atoms with Crippen molar-refractivity contribution in [3.8, 4) is 0 Å². The number of unbranched alkanes of at least 4 members (excludes halogenated alkanes) is 3. The van der Waals surface area contributed by atoms with Gasteiger partial charge in [-0.2, -0.15) is 0 Å². The molecular weight excluding hydrogens is 262 g/mol. The molecule has 0 amide bonds. The van der Waals surface area contributed by atoms with Crippen LogP contribution in [0, 0.1) is 0 Å². The molecule has 0 bridgehead atoms. The third kappa shape index (κ3) is 14.2. The molecular formula is C6H12O8P2-4. The maximum Gasteiger partial charge on any atom is 0.0596 e. The fourth-order valence-electron chi connectivity index (χ4n) is 0.910. The second-order valence-corrected chi connectivity index (χ2v) is 5.28. The Balaban J connectivity index is 3.23. The van der Waals surface area contributed by atoms with Gasteiger partial charge < -0.3 is 37.8 Å². The molecule has 0 fully saturated rings. The highest BCUT2D eigenvalue weighted by Gasteiger charge is 1.95. The zero-order valence-corrected chi connectivity index (χ0v) is 10.2. The van der Waals surface area contributed by atoms with Crippen molar-refractivity contribution in [3.05, 3.63) is 0 Å². The van der Waals surface area contributed by atoms with Crippen LogP contribution in [0.1, 0.15) is 25.7 Å². The Morgan fingerprint density at radius 3 is 1.25 bits per heavy atom. The molecule has 98 valence electrons. The predicted molar refractivity (Wildman–Crippen MR) is 45.6 cm³/mol. The molecule has 0 aromatic heterocycles. The van der Waals surface area contributed by atoms with Crippen molar-refractivity contribution in [1.82, 2.24) is 0 Å². The topological polar surface area (TPSA) is 145 Å². The van der Waals surface area contributed by atoms with Crippen molar-refractivity contribution in [2.24, 2.45) is 0 Å². The van der Waals surface area contributed by atoms with Crippen molar-refractivity contribution < 1.29 is 37.8 Å². The first-order chi connectivity index (χ1) is 7.21. The number of phosphoric ester groups is 2. The minimum atomic E-state index is -4.89. The van der Waals surface area contributed by atoms with E-state index < -0.39 is 15.6 Å². The molecule has 0 aliphatic heterocycles. The number of hydrogen-bond acceptors (Lipinski definition) is 8. The summed E-state index contributed by atoms with van der Waals surface area (Å²) in [6.45, 7) is -0.376. The first-order valence-corrected chi connectivity index (χ1v) is 7.46. The first-order valence-electron chi connectivity index (χ1n) is 4.54. The van der Waals surface area contributed by atoms with Crippen LogP contribution in [-0.4, -0.2) is 13.2 Å². The van der Waals surface area contributed by atoms with Crippen molar-refractivity contribution in [2.45, 2.75) is 25.7 Å². The quantitative estimate of drug-likeness (QED) is 0.355. The minimum absolute atomic E-state index is 0.188. The average Bonchev–Trinajstić information content (AvgIpc) is 2.06. The molecule has 0 N–H and O–H groups in total. The van der Waals surface area contributed by atoms with E-state index in [1.165, 1.54) is 0 Å². The molecule has 0 aliphatic carbocycles. The van der Waals surface area contributed by atoms with Gasteiger partial charge in [0.1, 0.15) is 0 Å². The molecule has 0 rings (SSSR count). The molecule has 0 aliphatic rings. The van der Waals surface area contributed by atoms with Crippen LogP contribution in [0.4, 0.5) is 0 Å². The summed E-state index contributed by atoms with van der Waals surface area (Å²) in [5.74, 6) is 0. The van der Waals surface area contributed by atoms with Crippen molar-refractivity contribution in [2.75, 3.05) is 13.2 Å². The fourth-order valence-corrected chi connectivity index (χ4v) is 1.62. The zero-order chi connectivity index (χ0) is 12.7. The Bertz CT molecular complexity index is 240. The second kappa shape index (κ2) is 7.53. The largest absolute Gasteiger partial charge is 0.790 e. The molecule has 0 saturated heterocycles. The van der Waals surface area contributed by atoms with Crippen LogP contribution >= 0.6 is 15.6 Å². The van der Waals surface area contributed by atoms with E-state index in [9.17, 15) is 28.7 Å². The molecule has 8 nitrogen and oxygen atoms in total. The monoisotopic (exact) mass is 274 g/mol. The van der Waals surface area contributed by atoms with Gasteiger partial charge in [0, 0.05) is 0 Å². The van der Waals surface area contributed by atoms with Gasteiger partial charge in [-0.05, 0) is 12.8 Å². The average molecular weight is 274 g/mol. The standard InChI is InChI=1S/C6H16O8P2/c7-15(8,9)13-5-3-1-2-4-6-14-16(10,11)12/h1-6H2,(H2,7,8,9)(H2,10,11,12)/p-4. The van der Waals surface area contributed by atoms with E-state index in [1.54, 1.807) is 0 Å². The van der Waals surface area contributed by atoms with Gasteiger partial charge in [0.2, 0.25) is 0 Å². The lowest BCUT2D eigenvalue weighted by Crippen LogP contribution is -2.17. The summed E-state index contributed by atoms with van der Waals surface area (Å²) >= 11 is 0. The van der Waals surface area contributed by atoms with Gasteiger partial charge in [0.05, 0.1) is 28.9 Å². The number of rotatable bonds is 9. The Kier molecular flexibility index (Phi) is 7.63. The lowest BCUT2D eigenvalue weighted by Gasteiger charge is -2.28. The minimum Gasteiger partial charge on any atom is -0.790 e. The summed E-state index contributed by atoms with van der Waals surface area (Å²) in [6, 6.07) is 0. The third-order valence-electron chi connectivity index (χ3n) is 1.54. The van der Waals surface area contributed by atoms with Crippen molar-refractivity contribution >= 4 is 15.6 Å². The maximum absolute atomic E-state index is 10.0. The Morgan fingerprint density at radius 1 is 0.688 bits per heavy atom. The number of hydrogen-bond donors (Lipinski definition) is 0. The highest BCUT2D eigenvalue weighted by atomic mass is 31.2. The fraction of sp³-hybridized carbons (Fsp3) is 1.00. The highest BCUT2D eigenvalue weighted by molar-refractivity contribution is 7.43. The van der Waals surface area contributed by atoms with Gasteiger partial charge in [-0.25, -0.2) is 0 Å². The summed E-state index contributed by atoms with van der Waals surface area (Å²) in [6.07, 6.45) is 1.82. The zero-order valence-electron chi connectivity index (χ0n) is 8.40. The Morgan fingerprint density at radius 2 is 1.00 bits per heavy atom. The molecule has 0 unspecified atom stereocenters. The van der Waals surface area contributed by atoms with Crippen LogP contribution in [0.25, 0.3) is 0 Å². The van der Waals surface area contributed by atoms with Crippen LogP contribution < -0.4 is 19.6 Å².